The minimum absolute atomic E-state index is 0.0681. The number of carbonyl (C=O) groups excluding carboxylic acids is 2. The highest BCUT2D eigenvalue weighted by molar-refractivity contribution is 7.99. The zero-order valence-corrected chi connectivity index (χ0v) is 19.3. The van der Waals surface area contributed by atoms with Gasteiger partial charge in [0.05, 0.1) is 11.3 Å². The molecule has 1 aromatic carbocycles. The lowest BCUT2D eigenvalue weighted by Gasteiger charge is -2.19. The molecule has 162 valence electrons. The van der Waals surface area contributed by atoms with Gasteiger partial charge in [-0.2, -0.15) is 0 Å². The highest BCUT2D eigenvalue weighted by Crippen LogP contribution is 2.28. The normalized spacial score (nSPS) is 11.3. The van der Waals surface area contributed by atoms with Crippen LogP contribution in [0.1, 0.15) is 36.7 Å². The second-order valence-electron chi connectivity index (χ2n) is 7.90. The van der Waals surface area contributed by atoms with E-state index < -0.39 is 5.91 Å². The second kappa shape index (κ2) is 9.49. The Bertz CT molecular complexity index is 1090. The number of nitrogens with two attached hydrogens (primary N) is 1. The third-order valence-electron chi connectivity index (χ3n) is 4.55. The number of nitrogens with zero attached hydrogens (tertiary/aromatic N) is 3. The maximum absolute atomic E-state index is 12.4. The van der Waals surface area contributed by atoms with Crippen molar-refractivity contribution in [3.05, 3.63) is 59.5 Å². The fourth-order valence-corrected chi connectivity index (χ4v) is 4.47. The molecule has 3 rings (SSSR count). The molecule has 0 aliphatic carbocycles. The number of hydrogen-bond donors (Lipinski definition) is 2. The first-order chi connectivity index (χ1) is 14.7. The Hall–Kier alpha value is -2.91. The molecule has 0 bridgehead atoms. The summed E-state index contributed by atoms with van der Waals surface area (Å²) in [6.07, 6.45) is 1.77. The Morgan fingerprint density at radius 1 is 1.23 bits per heavy atom. The fraction of sp³-hybridized carbons (Fsp3) is 0.273. The average molecular weight is 456 g/mol. The number of aromatic nitrogens is 3. The van der Waals surface area contributed by atoms with Gasteiger partial charge in [0.2, 0.25) is 5.91 Å². The molecule has 0 aliphatic rings. The molecule has 3 aromatic rings. The summed E-state index contributed by atoms with van der Waals surface area (Å²) in [5, 5.41) is 14.1. The van der Waals surface area contributed by atoms with E-state index in [-0.39, 0.29) is 17.1 Å². The summed E-state index contributed by atoms with van der Waals surface area (Å²) in [5.74, 6) is 0.0164. The van der Waals surface area contributed by atoms with Crippen molar-refractivity contribution in [3.63, 3.8) is 0 Å². The van der Waals surface area contributed by atoms with Crippen LogP contribution in [0, 0.1) is 0 Å². The standard InChI is InChI=1S/C22H25N5O2S2/c1-5-11-27-19(14-6-8-15(9-7-14)22(2,3)4)25-26-21(27)31-13-17(28)24-20-16(18(23)29)10-12-30-20/h5-10,12H,1,11,13H2,2-4H3,(H2,23,29)(H,24,28). The number of nitrogens with one attached hydrogen (secondary N) is 1. The monoisotopic (exact) mass is 455 g/mol. The summed E-state index contributed by atoms with van der Waals surface area (Å²) >= 11 is 2.53. The summed E-state index contributed by atoms with van der Waals surface area (Å²) < 4.78 is 1.93. The van der Waals surface area contributed by atoms with E-state index in [9.17, 15) is 9.59 Å². The topological polar surface area (TPSA) is 103 Å². The van der Waals surface area contributed by atoms with E-state index in [1.807, 2.05) is 16.7 Å². The SMILES string of the molecule is C=CCn1c(SCC(=O)Nc2sccc2C(N)=O)nnc1-c1ccc(C(C)(C)C)cc1. The largest absolute Gasteiger partial charge is 0.366 e. The van der Waals surface area contributed by atoms with E-state index >= 15 is 0 Å². The molecule has 0 spiro atoms. The second-order valence-corrected chi connectivity index (χ2v) is 9.76. The third-order valence-corrected chi connectivity index (χ3v) is 6.35. The predicted molar refractivity (Wildman–Crippen MR) is 127 cm³/mol. The van der Waals surface area contributed by atoms with Gasteiger partial charge in [-0.1, -0.05) is 62.9 Å². The lowest BCUT2D eigenvalue weighted by molar-refractivity contribution is -0.113. The molecule has 0 fully saturated rings. The van der Waals surface area contributed by atoms with Crippen molar-refractivity contribution in [2.75, 3.05) is 11.1 Å². The highest BCUT2D eigenvalue weighted by Gasteiger charge is 2.18. The Kier molecular flexibility index (Phi) is 6.97. The summed E-state index contributed by atoms with van der Waals surface area (Å²) in [4.78, 5) is 23.8. The summed E-state index contributed by atoms with van der Waals surface area (Å²) in [7, 11) is 0. The Morgan fingerprint density at radius 2 is 1.94 bits per heavy atom. The fourth-order valence-electron chi connectivity index (χ4n) is 2.91. The minimum atomic E-state index is -0.572. The molecule has 31 heavy (non-hydrogen) atoms. The molecular formula is C22H25N5O2S2. The van der Waals surface area contributed by atoms with Crippen molar-refractivity contribution in [3.8, 4) is 11.4 Å². The van der Waals surface area contributed by atoms with Crippen LogP contribution in [0.5, 0.6) is 0 Å². The number of thioether (sulfide) groups is 1. The van der Waals surface area contributed by atoms with E-state index in [0.29, 0.717) is 22.3 Å². The van der Waals surface area contributed by atoms with Gasteiger partial charge in [0, 0.05) is 12.1 Å². The van der Waals surface area contributed by atoms with E-state index in [0.717, 1.165) is 11.4 Å². The van der Waals surface area contributed by atoms with Crippen molar-refractivity contribution in [1.29, 1.82) is 0 Å². The zero-order chi connectivity index (χ0) is 22.6. The maximum Gasteiger partial charge on any atom is 0.251 e. The quantitative estimate of drug-likeness (QED) is 0.389. The van der Waals surface area contributed by atoms with Gasteiger partial charge in [-0.3, -0.25) is 14.2 Å². The van der Waals surface area contributed by atoms with Crippen LogP contribution in [-0.2, 0) is 16.8 Å². The van der Waals surface area contributed by atoms with Crippen LogP contribution in [-0.4, -0.2) is 32.3 Å². The van der Waals surface area contributed by atoms with Crippen LogP contribution in [0.25, 0.3) is 11.4 Å². The number of rotatable bonds is 8. The van der Waals surface area contributed by atoms with Gasteiger partial charge in [0.15, 0.2) is 11.0 Å². The first-order valence-corrected chi connectivity index (χ1v) is 11.5. The smallest absolute Gasteiger partial charge is 0.251 e. The molecule has 0 unspecified atom stereocenters. The van der Waals surface area contributed by atoms with E-state index in [2.05, 4.69) is 55.0 Å². The molecule has 0 saturated heterocycles. The van der Waals surface area contributed by atoms with Crippen molar-refractivity contribution >= 4 is 39.9 Å². The van der Waals surface area contributed by atoms with Gasteiger partial charge >= 0.3 is 0 Å². The lowest BCUT2D eigenvalue weighted by Crippen LogP contribution is -2.18. The van der Waals surface area contributed by atoms with E-state index in [1.165, 1.54) is 28.7 Å². The van der Waals surface area contributed by atoms with Crippen LogP contribution in [0.2, 0.25) is 0 Å². The molecule has 0 aliphatic heterocycles. The van der Waals surface area contributed by atoms with Crippen LogP contribution < -0.4 is 11.1 Å². The zero-order valence-electron chi connectivity index (χ0n) is 17.7. The molecule has 2 amide bonds. The number of allylic oxidation sites excluding steroid dienone is 1. The number of benzene rings is 1. The van der Waals surface area contributed by atoms with Crippen molar-refractivity contribution < 1.29 is 9.59 Å². The number of thiophene rings is 1. The first kappa shape index (κ1) is 22.8. The Balaban J connectivity index is 1.74. The summed E-state index contributed by atoms with van der Waals surface area (Å²) in [6.45, 7) is 10.9. The predicted octanol–water partition coefficient (Wildman–Crippen LogP) is 4.32. The molecule has 0 saturated carbocycles. The van der Waals surface area contributed by atoms with Crippen molar-refractivity contribution in [1.82, 2.24) is 14.8 Å². The minimum Gasteiger partial charge on any atom is -0.366 e. The Labute approximate surface area is 189 Å². The molecule has 0 radical (unpaired) electrons. The van der Waals surface area contributed by atoms with Crippen LogP contribution in [0.15, 0.2) is 53.5 Å². The molecular weight excluding hydrogens is 430 g/mol. The number of carbonyl (C=O) groups is 2. The number of hydrogen-bond acceptors (Lipinski definition) is 6. The molecule has 3 N–H and O–H groups in total. The van der Waals surface area contributed by atoms with Gasteiger partial charge < -0.3 is 11.1 Å². The van der Waals surface area contributed by atoms with Gasteiger partial charge in [-0.25, -0.2) is 0 Å². The van der Waals surface area contributed by atoms with Gasteiger partial charge in [0.1, 0.15) is 5.00 Å². The summed E-state index contributed by atoms with van der Waals surface area (Å²) in [5.41, 5.74) is 7.88. The summed E-state index contributed by atoms with van der Waals surface area (Å²) in [6, 6.07) is 9.86. The molecule has 9 heteroatoms. The molecule has 7 nitrogen and oxygen atoms in total. The van der Waals surface area contributed by atoms with Gasteiger partial charge in [-0.15, -0.1) is 28.1 Å². The van der Waals surface area contributed by atoms with Crippen molar-refractivity contribution in [2.24, 2.45) is 5.73 Å². The number of primary amides is 1. The van der Waals surface area contributed by atoms with Crippen molar-refractivity contribution in [2.45, 2.75) is 37.9 Å². The lowest BCUT2D eigenvalue weighted by atomic mass is 9.87. The molecule has 0 atom stereocenters. The average Bonchev–Trinajstić information content (AvgIpc) is 3.33. The highest BCUT2D eigenvalue weighted by atomic mass is 32.2. The van der Waals surface area contributed by atoms with Crippen LogP contribution in [0.3, 0.4) is 0 Å². The molecule has 2 aromatic heterocycles. The maximum atomic E-state index is 12.4. The van der Waals surface area contributed by atoms with Crippen LogP contribution >= 0.6 is 23.1 Å². The van der Waals surface area contributed by atoms with Gasteiger partial charge in [-0.05, 0) is 22.4 Å². The first-order valence-electron chi connectivity index (χ1n) is 9.65. The molecule has 2 heterocycles. The van der Waals surface area contributed by atoms with Crippen LogP contribution in [0.4, 0.5) is 5.00 Å². The van der Waals surface area contributed by atoms with E-state index in [4.69, 9.17) is 5.73 Å². The number of amides is 2. The van der Waals surface area contributed by atoms with E-state index in [1.54, 1.807) is 17.5 Å². The Morgan fingerprint density at radius 3 is 2.55 bits per heavy atom. The third kappa shape index (κ3) is 5.42. The number of anilines is 1. The van der Waals surface area contributed by atoms with Gasteiger partial charge in [0.25, 0.3) is 5.91 Å².